The molecule has 108 valence electrons. The molecular weight excluding hydrogens is 258 g/mol. The molecule has 0 bridgehead atoms. The fourth-order valence-electron chi connectivity index (χ4n) is 2.62. The second-order valence-corrected chi connectivity index (χ2v) is 6.49. The Morgan fingerprint density at radius 3 is 2.95 bits per heavy atom. The molecule has 5 heteroatoms. The molecule has 1 aromatic rings. The van der Waals surface area contributed by atoms with E-state index in [4.69, 9.17) is 9.72 Å². The summed E-state index contributed by atoms with van der Waals surface area (Å²) in [6, 6.07) is 0. The summed E-state index contributed by atoms with van der Waals surface area (Å²) < 4.78 is 5.66. The van der Waals surface area contributed by atoms with Gasteiger partial charge in [0.05, 0.1) is 11.3 Å². The summed E-state index contributed by atoms with van der Waals surface area (Å²) >= 11 is 1.82. The molecule has 1 unspecified atom stereocenters. The second-order valence-electron chi connectivity index (χ2n) is 5.43. The van der Waals surface area contributed by atoms with Crippen molar-refractivity contribution >= 4 is 16.5 Å². The van der Waals surface area contributed by atoms with E-state index in [2.05, 4.69) is 24.1 Å². The van der Waals surface area contributed by atoms with Gasteiger partial charge in [-0.15, -0.1) is 11.3 Å². The standard InChI is InChI=1S/C14H25N3OS/c1-5-11-12(9-15-3)19-13(16-11)17-8-6-7-14(2,10-17)18-4/h15H,5-10H2,1-4H3. The Hall–Kier alpha value is -0.650. The van der Waals surface area contributed by atoms with E-state index in [-0.39, 0.29) is 5.60 Å². The summed E-state index contributed by atoms with van der Waals surface area (Å²) in [5.41, 5.74) is 1.21. The lowest BCUT2D eigenvalue weighted by Gasteiger charge is -2.39. The smallest absolute Gasteiger partial charge is 0.185 e. The number of hydrogen-bond donors (Lipinski definition) is 1. The van der Waals surface area contributed by atoms with Crippen LogP contribution in [-0.2, 0) is 17.7 Å². The van der Waals surface area contributed by atoms with Crippen molar-refractivity contribution in [2.24, 2.45) is 0 Å². The van der Waals surface area contributed by atoms with Crippen LogP contribution in [0.25, 0.3) is 0 Å². The van der Waals surface area contributed by atoms with Crippen LogP contribution in [0.3, 0.4) is 0 Å². The normalized spacial score (nSPS) is 23.9. The topological polar surface area (TPSA) is 37.4 Å². The molecular formula is C14H25N3OS. The number of rotatable bonds is 5. The van der Waals surface area contributed by atoms with Crippen LogP contribution < -0.4 is 10.2 Å². The molecule has 1 atom stereocenters. The van der Waals surface area contributed by atoms with E-state index in [1.54, 1.807) is 0 Å². The van der Waals surface area contributed by atoms with E-state index in [0.29, 0.717) is 0 Å². The summed E-state index contributed by atoms with van der Waals surface area (Å²) in [5, 5.41) is 4.39. The van der Waals surface area contributed by atoms with Gasteiger partial charge in [0, 0.05) is 31.6 Å². The average Bonchev–Trinajstić information content (AvgIpc) is 2.82. The molecule has 1 aliphatic rings. The molecule has 1 fully saturated rings. The summed E-state index contributed by atoms with van der Waals surface area (Å²) in [6.07, 6.45) is 3.31. The second kappa shape index (κ2) is 6.20. The van der Waals surface area contributed by atoms with Crippen molar-refractivity contribution < 1.29 is 4.74 Å². The van der Waals surface area contributed by atoms with Crippen LogP contribution >= 0.6 is 11.3 Å². The predicted molar refractivity (Wildman–Crippen MR) is 81.1 cm³/mol. The van der Waals surface area contributed by atoms with E-state index >= 15 is 0 Å². The number of nitrogens with zero attached hydrogens (tertiary/aromatic N) is 2. The molecule has 19 heavy (non-hydrogen) atoms. The molecule has 0 spiro atoms. The van der Waals surface area contributed by atoms with Gasteiger partial charge in [-0.05, 0) is 33.2 Å². The highest BCUT2D eigenvalue weighted by atomic mass is 32.1. The van der Waals surface area contributed by atoms with Crippen LogP contribution in [0.15, 0.2) is 0 Å². The minimum absolute atomic E-state index is 0.0283. The Morgan fingerprint density at radius 1 is 1.53 bits per heavy atom. The number of aromatic nitrogens is 1. The van der Waals surface area contributed by atoms with Crippen LogP contribution in [0.1, 0.15) is 37.3 Å². The first-order valence-electron chi connectivity index (χ1n) is 7.05. The minimum atomic E-state index is -0.0283. The Balaban J connectivity index is 2.17. The highest BCUT2D eigenvalue weighted by Gasteiger charge is 2.32. The van der Waals surface area contributed by atoms with Gasteiger partial charge in [0.25, 0.3) is 0 Å². The maximum absolute atomic E-state index is 5.66. The Bertz CT molecular complexity index is 421. The molecule has 0 aromatic carbocycles. The Labute approximate surface area is 120 Å². The van der Waals surface area contributed by atoms with Crippen LogP contribution in [0.5, 0.6) is 0 Å². The molecule has 0 aliphatic carbocycles. The van der Waals surface area contributed by atoms with E-state index in [1.165, 1.54) is 17.0 Å². The van der Waals surface area contributed by atoms with E-state index in [0.717, 1.165) is 37.6 Å². The molecule has 0 radical (unpaired) electrons. The van der Waals surface area contributed by atoms with Gasteiger partial charge in [-0.25, -0.2) is 4.98 Å². The summed E-state index contributed by atoms with van der Waals surface area (Å²) in [7, 11) is 3.80. The Kier molecular flexibility index (Phi) is 4.81. The molecule has 1 N–H and O–H groups in total. The third kappa shape index (κ3) is 3.27. The number of hydrogen-bond acceptors (Lipinski definition) is 5. The van der Waals surface area contributed by atoms with Crippen LogP contribution in [0.2, 0.25) is 0 Å². The van der Waals surface area contributed by atoms with Gasteiger partial charge < -0.3 is 15.0 Å². The predicted octanol–water partition coefficient (Wildman–Crippen LogP) is 2.43. The lowest BCUT2D eigenvalue weighted by atomic mass is 9.95. The average molecular weight is 283 g/mol. The lowest BCUT2D eigenvalue weighted by molar-refractivity contribution is -0.00466. The Morgan fingerprint density at radius 2 is 2.32 bits per heavy atom. The molecule has 2 heterocycles. The molecule has 1 saturated heterocycles. The van der Waals surface area contributed by atoms with E-state index in [1.807, 2.05) is 25.5 Å². The van der Waals surface area contributed by atoms with Crippen molar-refractivity contribution in [2.45, 2.75) is 45.3 Å². The molecule has 4 nitrogen and oxygen atoms in total. The van der Waals surface area contributed by atoms with Crippen LogP contribution in [-0.4, -0.2) is 37.8 Å². The van der Waals surface area contributed by atoms with Gasteiger partial charge >= 0.3 is 0 Å². The molecule has 1 aromatic heterocycles. The van der Waals surface area contributed by atoms with Crippen molar-refractivity contribution in [3.8, 4) is 0 Å². The number of ether oxygens (including phenoxy) is 1. The van der Waals surface area contributed by atoms with Crippen molar-refractivity contribution in [1.82, 2.24) is 10.3 Å². The minimum Gasteiger partial charge on any atom is -0.377 e. The van der Waals surface area contributed by atoms with Crippen molar-refractivity contribution in [2.75, 3.05) is 32.1 Å². The highest BCUT2D eigenvalue weighted by Crippen LogP contribution is 2.32. The third-order valence-corrected chi connectivity index (χ3v) is 5.02. The van der Waals surface area contributed by atoms with Gasteiger partial charge in [0.1, 0.15) is 0 Å². The van der Waals surface area contributed by atoms with Gasteiger partial charge in [0.15, 0.2) is 5.13 Å². The van der Waals surface area contributed by atoms with Crippen molar-refractivity contribution in [1.29, 1.82) is 0 Å². The molecule has 0 saturated carbocycles. The van der Waals surface area contributed by atoms with Crippen LogP contribution in [0.4, 0.5) is 5.13 Å². The number of thiazole rings is 1. The van der Waals surface area contributed by atoms with Gasteiger partial charge in [0.2, 0.25) is 0 Å². The van der Waals surface area contributed by atoms with E-state index in [9.17, 15) is 0 Å². The number of aryl methyl sites for hydroxylation is 1. The van der Waals surface area contributed by atoms with Crippen molar-refractivity contribution in [3.05, 3.63) is 10.6 Å². The van der Waals surface area contributed by atoms with E-state index < -0.39 is 0 Å². The zero-order valence-electron chi connectivity index (χ0n) is 12.5. The third-order valence-electron chi connectivity index (χ3n) is 3.86. The van der Waals surface area contributed by atoms with Crippen molar-refractivity contribution in [3.63, 3.8) is 0 Å². The van der Waals surface area contributed by atoms with Gasteiger partial charge in [-0.1, -0.05) is 6.92 Å². The SMILES string of the molecule is CCc1nc(N2CCCC(C)(OC)C2)sc1CNC. The summed E-state index contributed by atoms with van der Waals surface area (Å²) in [6.45, 7) is 7.32. The first-order chi connectivity index (χ1) is 9.11. The summed E-state index contributed by atoms with van der Waals surface area (Å²) in [5.74, 6) is 0. The first-order valence-corrected chi connectivity index (χ1v) is 7.87. The number of methoxy groups -OCH3 is 1. The number of anilines is 1. The maximum atomic E-state index is 5.66. The molecule has 2 rings (SSSR count). The maximum Gasteiger partial charge on any atom is 0.185 e. The quantitative estimate of drug-likeness (QED) is 0.900. The molecule has 0 amide bonds. The lowest BCUT2D eigenvalue weighted by Crippen LogP contribution is -2.47. The fourth-order valence-corrected chi connectivity index (χ4v) is 3.80. The fraction of sp³-hybridized carbons (Fsp3) is 0.786. The monoisotopic (exact) mass is 283 g/mol. The largest absolute Gasteiger partial charge is 0.377 e. The zero-order chi connectivity index (χ0) is 13.9. The number of piperidine rings is 1. The summed E-state index contributed by atoms with van der Waals surface area (Å²) in [4.78, 5) is 8.57. The van der Waals surface area contributed by atoms with Gasteiger partial charge in [-0.2, -0.15) is 0 Å². The number of nitrogens with one attached hydrogen (secondary N) is 1. The zero-order valence-corrected chi connectivity index (χ0v) is 13.3. The first kappa shape index (κ1) is 14.8. The molecule has 1 aliphatic heterocycles. The van der Waals surface area contributed by atoms with Crippen LogP contribution in [0, 0.1) is 0 Å². The highest BCUT2D eigenvalue weighted by molar-refractivity contribution is 7.15. The van der Waals surface area contributed by atoms with Gasteiger partial charge in [-0.3, -0.25) is 0 Å².